The van der Waals surface area contributed by atoms with E-state index in [9.17, 15) is 9.59 Å². The Labute approximate surface area is 183 Å². The van der Waals surface area contributed by atoms with Crippen LogP contribution in [0.5, 0.6) is 11.5 Å². The van der Waals surface area contributed by atoms with Crippen LogP contribution in [0.2, 0.25) is 0 Å². The minimum Gasteiger partial charge on any atom is -0.496 e. The largest absolute Gasteiger partial charge is 0.496 e. The predicted molar refractivity (Wildman–Crippen MR) is 120 cm³/mol. The highest BCUT2D eigenvalue weighted by atomic mass is 16.5. The zero-order chi connectivity index (χ0) is 21.6. The maximum absolute atomic E-state index is 12.7. The van der Waals surface area contributed by atoms with Crippen LogP contribution in [0, 0.1) is 11.8 Å². The van der Waals surface area contributed by atoms with Crippen molar-refractivity contribution in [2.45, 2.75) is 38.5 Å². The van der Waals surface area contributed by atoms with E-state index in [-0.39, 0.29) is 17.7 Å². The Morgan fingerprint density at radius 2 is 1.90 bits per heavy atom. The summed E-state index contributed by atoms with van der Waals surface area (Å²) in [5.74, 6) is 1.50. The van der Waals surface area contributed by atoms with E-state index < -0.39 is 0 Å². The summed E-state index contributed by atoms with van der Waals surface area (Å²) in [4.78, 5) is 25.4. The fourth-order valence-corrected chi connectivity index (χ4v) is 4.45. The summed E-state index contributed by atoms with van der Waals surface area (Å²) < 4.78 is 11.1. The maximum atomic E-state index is 12.7. The first-order valence-corrected chi connectivity index (χ1v) is 11.1. The van der Waals surface area contributed by atoms with Gasteiger partial charge in [0.1, 0.15) is 18.1 Å². The van der Waals surface area contributed by atoms with Crippen LogP contribution in [-0.4, -0.2) is 32.1 Å². The molecular weight excluding hydrogens is 392 g/mol. The summed E-state index contributed by atoms with van der Waals surface area (Å²) >= 11 is 0. The Balaban J connectivity index is 1.38. The van der Waals surface area contributed by atoms with Gasteiger partial charge in [-0.1, -0.05) is 31.4 Å². The highest BCUT2D eigenvalue weighted by Gasteiger charge is 2.27. The molecule has 0 spiro atoms. The number of amides is 2. The molecule has 6 nitrogen and oxygen atoms in total. The lowest BCUT2D eigenvalue weighted by Crippen LogP contribution is -2.39. The summed E-state index contributed by atoms with van der Waals surface area (Å²) in [5.41, 5.74) is 2.07. The van der Waals surface area contributed by atoms with E-state index in [0.717, 1.165) is 17.9 Å². The lowest BCUT2D eigenvalue weighted by atomic mass is 9.89. The molecule has 0 saturated heterocycles. The van der Waals surface area contributed by atoms with Gasteiger partial charge in [0.2, 0.25) is 5.91 Å². The third-order valence-electron chi connectivity index (χ3n) is 6.24. The Kier molecular flexibility index (Phi) is 6.75. The average molecular weight is 423 g/mol. The van der Waals surface area contributed by atoms with Crippen molar-refractivity contribution < 1.29 is 19.1 Å². The number of benzene rings is 2. The van der Waals surface area contributed by atoms with Crippen molar-refractivity contribution in [3.05, 3.63) is 53.6 Å². The quantitative estimate of drug-likeness (QED) is 0.732. The summed E-state index contributed by atoms with van der Waals surface area (Å²) in [6.07, 6.45) is 6.87. The number of carbonyl (C=O) groups excluding carboxylic acids is 2. The van der Waals surface area contributed by atoms with Gasteiger partial charge in [0.25, 0.3) is 5.91 Å². The molecule has 6 heteroatoms. The molecule has 2 aliphatic rings. The van der Waals surface area contributed by atoms with Crippen molar-refractivity contribution in [2.24, 2.45) is 11.8 Å². The van der Waals surface area contributed by atoms with Crippen LogP contribution in [0.25, 0.3) is 0 Å². The van der Waals surface area contributed by atoms with E-state index in [2.05, 4.69) is 10.6 Å². The van der Waals surface area contributed by atoms with E-state index in [1.807, 2.05) is 24.3 Å². The molecule has 2 aromatic rings. The molecule has 1 atom stereocenters. The maximum Gasteiger partial charge on any atom is 0.259 e. The third-order valence-corrected chi connectivity index (χ3v) is 6.24. The Morgan fingerprint density at radius 1 is 1.10 bits per heavy atom. The standard InChI is InChI=1S/C25H30N2O4/c1-30-23-10-6-5-9-21(23)25(29)27-20-11-12-22-18(14-20)13-19(16-31-22)24(28)26-15-17-7-3-2-4-8-17/h5-6,9-12,14,17,19H,2-4,7-8,13,15-16H2,1H3,(H,26,28)(H,27,29)/t19-/m0/s1. The van der Waals surface area contributed by atoms with Gasteiger partial charge >= 0.3 is 0 Å². The summed E-state index contributed by atoms with van der Waals surface area (Å²) in [6, 6.07) is 12.7. The van der Waals surface area contributed by atoms with Crippen molar-refractivity contribution in [1.29, 1.82) is 0 Å². The molecule has 1 heterocycles. The molecule has 1 aliphatic carbocycles. The number of rotatable bonds is 6. The molecule has 0 bridgehead atoms. The molecule has 1 saturated carbocycles. The molecule has 1 fully saturated rings. The predicted octanol–water partition coefficient (Wildman–Crippen LogP) is 4.20. The molecule has 0 radical (unpaired) electrons. The minimum absolute atomic E-state index is 0.0553. The fourth-order valence-electron chi connectivity index (χ4n) is 4.45. The first-order chi connectivity index (χ1) is 15.1. The summed E-state index contributed by atoms with van der Waals surface area (Å²) in [6.45, 7) is 1.15. The van der Waals surface area contributed by atoms with Gasteiger partial charge in [-0.05, 0) is 61.1 Å². The van der Waals surface area contributed by atoms with E-state index in [1.165, 1.54) is 32.1 Å². The smallest absolute Gasteiger partial charge is 0.259 e. The molecule has 0 aromatic heterocycles. The Hall–Kier alpha value is -3.02. The molecular formula is C25H30N2O4. The first-order valence-electron chi connectivity index (χ1n) is 11.1. The van der Waals surface area contributed by atoms with Crippen LogP contribution in [0.15, 0.2) is 42.5 Å². The third kappa shape index (κ3) is 5.19. The Morgan fingerprint density at radius 3 is 2.71 bits per heavy atom. The van der Waals surface area contributed by atoms with Crippen LogP contribution >= 0.6 is 0 Å². The van der Waals surface area contributed by atoms with Crippen LogP contribution < -0.4 is 20.1 Å². The Bertz CT molecular complexity index is 937. The second-order valence-corrected chi connectivity index (χ2v) is 8.44. The number of hydrogen-bond acceptors (Lipinski definition) is 4. The van der Waals surface area contributed by atoms with E-state index in [4.69, 9.17) is 9.47 Å². The summed E-state index contributed by atoms with van der Waals surface area (Å²) in [7, 11) is 1.54. The van der Waals surface area contributed by atoms with Gasteiger partial charge in [-0.15, -0.1) is 0 Å². The van der Waals surface area contributed by atoms with Crippen molar-refractivity contribution in [3.63, 3.8) is 0 Å². The van der Waals surface area contributed by atoms with E-state index in [1.54, 1.807) is 25.3 Å². The number of nitrogens with one attached hydrogen (secondary N) is 2. The molecule has 2 aromatic carbocycles. The SMILES string of the molecule is COc1ccccc1C(=O)Nc1ccc2c(c1)C[C@H](C(=O)NCC1CCCCC1)CO2. The normalized spacial score (nSPS) is 18.4. The molecule has 31 heavy (non-hydrogen) atoms. The van der Waals surface area contributed by atoms with Gasteiger partial charge in [-0.2, -0.15) is 0 Å². The second-order valence-electron chi connectivity index (χ2n) is 8.44. The van der Waals surface area contributed by atoms with Gasteiger partial charge < -0.3 is 20.1 Å². The average Bonchev–Trinajstić information content (AvgIpc) is 2.82. The van der Waals surface area contributed by atoms with Crippen molar-refractivity contribution in [2.75, 3.05) is 25.6 Å². The number of carbonyl (C=O) groups is 2. The van der Waals surface area contributed by atoms with Crippen LogP contribution in [0.4, 0.5) is 5.69 Å². The minimum atomic E-state index is -0.240. The number of fused-ring (bicyclic) bond motifs is 1. The van der Waals surface area contributed by atoms with Gasteiger partial charge in [0.05, 0.1) is 18.6 Å². The molecule has 2 N–H and O–H groups in total. The molecule has 0 unspecified atom stereocenters. The highest BCUT2D eigenvalue weighted by Crippen LogP contribution is 2.31. The van der Waals surface area contributed by atoms with Crippen LogP contribution in [-0.2, 0) is 11.2 Å². The molecule has 4 rings (SSSR count). The lowest BCUT2D eigenvalue weighted by molar-refractivity contribution is -0.126. The van der Waals surface area contributed by atoms with Crippen LogP contribution in [0.1, 0.15) is 48.0 Å². The summed E-state index contributed by atoms with van der Waals surface area (Å²) in [5, 5.41) is 6.05. The second kappa shape index (κ2) is 9.86. The zero-order valence-corrected chi connectivity index (χ0v) is 18.0. The molecule has 2 amide bonds. The zero-order valence-electron chi connectivity index (χ0n) is 18.0. The number of para-hydroxylation sites is 1. The first kappa shape index (κ1) is 21.2. The topological polar surface area (TPSA) is 76.7 Å². The lowest BCUT2D eigenvalue weighted by Gasteiger charge is -2.27. The van der Waals surface area contributed by atoms with Gasteiger partial charge in [0, 0.05) is 12.2 Å². The fraction of sp³-hybridized carbons (Fsp3) is 0.440. The highest BCUT2D eigenvalue weighted by molar-refractivity contribution is 6.06. The van der Waals surface area contributed by atoms with Gasteiger partial charge in [0.15, 0.2) is 0 Å². The molecule has 164 valence electrons. The van der Waals surface area contributed by atoms with Gasteiger partial charge in [-0.3, -0.25) is 9.59 Å². The number of ether oxygens (including phenoxy) is 2. The number of hydrogen-bond donors (Lipinski definition) is 2. The van der Waals surface area contributed by atoms with Crippen molar-refractivity contribution >= 4 is 17.5 Å². The number of anilines is 1. The van der Waals surface area contributed by atoms with E-state index >= 15 is 0 Å². The van der Waals surface area contributed by atoms with Gasteiger partial charge in [-0.25, -0.2) is 0 Å². The number of methoxy groups -OCH3 is 1. The van der Waals surface area contributed by atoms with Crippen molar-refractivity contribution in [3.8, 4) is 11.5 Å². The molecule has 1 aliphatic heterocycles. The monoisotopic (exact) mass is 422 g/mol. The van der Waals surface area contributed by atoms with Crippen LogP contribution in [0.3, 0.4) is 0 Å². The van der Waals surface area contributed by atoms with Crippen molar-refractivity contribution in [1.82, 2.24) is 5.32 Å². The van der Waals surface area contributed by atoms with E-state index in [0.29, 0.717) is 35.9 Å².